The molecule has 1 heterocycles. The van der Waals surface area contributed by atoms with E-state index in [1.54, 1.807) is 32.4 Å². The molecule has 1 saturated carbocycles. The van der Waals surface area contributed by atoms with Crippen molar-refractivity contribution in [2.75, 3.05) is 5.32 Å². The standard InChI is InChI=1S/C25H30FN3O4/c1-13-12-19(10-11-20(13)26)28-24(32)21-14(2)22(29(5)15(21)3)23(31)25(33)27-18-8-6-17(7-9-18)16(4)30/h10-12,17-18,30H,4,6-9H2,1-3,5H3,(H,27,33)(H,28,32). The Morgan fingerprint density at radius 3 is 2.33 bits per heavy atom. The number of nitrogens with one attached hydrogen (secondary N) is 2. The minimum atomic E-state index is -0.717. The third kappa shape index (κ3) is 4.99. The van der Waals surface area contributed by atoms with E-state index in [4.69, 9.17) is 0 Å². The molecule has 3 rings (SSSR count). The number of Topliss-reactive ketones (excluding diaryl/α,β-unsaturated/α-hetero) is 1. The first-order valence-corrected chi connectivity index (χ1v) is 11.0. The molecule has 0 atom stereocenters. The van der Waals surface area contributed by atoms with Crippen molar-refractivity contribution in [3.63, 3.8) is 0 Å². The normalized spacial score (nSPS) is 18.0. The van der Waals surface area contributed by atoms with Crippen LogP contribution in [0.4, 0.5) is 10.1 Å². The molecule has 7 nitrogen and oxygen atoms in total. The summed E-state index contributed by atoms with van der Waals surface area (Å²) in [4.78, 5) is 38.7. The lowest BCUT2D eigenvalue weighted by atomic mass is 9.85. The smallest absolute Gasteiger partial charge is 0.294 e. The lowest BCUT2D eigenvalue weighted by Crippen LogP contribution is -2.42. The molecule has 0 radical (unpaired) electrons. The van der Waals surface area contributed by atoms with Gasteiger partial charge in [-0.2, -0.15) is 0 Å². The Morgan fingerprint density at radius 1 is 1.12 bits per heavy atom. The van der Waals surface area contributed by atoms with Crippen molar-refractivity contribution < 1.29 is 23.9 Å². The minimum absolute atomic E-state index is 0.0255. The van der Waals surface area contributed by atoms with Crippen molar-refractivity contribution in [1.82, 2.24) is 9.88 Å². The average Bonchev–Trinajstić information content (AvgIpc) is 2.98. The molecule has 1 aromatic heterocycles. The summed E-state index contributed by atoms with van der Waals surface area (Å²) in [6, 6.07) is 4.12. The van der Waals surface area contributed by atoms with Crippen molar-refractivity contribution >= 4 is 23.3 Å². The van der Waals surface area contributed by atoms with Crippen molar-refractivity contribution in [3.05, 3.63) is 64.4 Å². The molecule has 0 aliphatic heterocycles. The van der Waals surface area contributed by atoms with Gasteiger partial charge in [-0.15, -0.1) is 0 Å². The van der Waals surface area contributed by atoms with E-state index >= 15 is 0 Å². The number of hydrogen-bond donors (Lipinski definition) is 3. The molecular formula is C25H30FN3O4. The van der Waals surface area contributed by atoms with Gasteiger partial charge in [0, 0.05) is 30.4 Å². The Hall–Kier alpha value is -3.42. The Labute approximate surface area is 192 Å². The van der Waals surface area contributed by atoms with Crippen LogP contribution in [0.5, 0.6) is 0 Å². The Balaban J connectivity index is 1.76. The number of halogens is 1. The van der Waals surface area contributed by atoms with Gasteiger partial charge in [0.1, 0.15) is 5.82 Å². The number of aliphatic hydroxyl groups is 1. The molecule has 176 valence electrons. The van der Waals surface area contributed by atoms with E-state index in [9.17, 15) is 23.9 Å². The number of anilines is 1. The second-order valence-corrected chi connectivity index (χ2v) is 8.75. The molecule has 2 amide bonds. The number of allylic oxidation sites excluding steroid dienone is 1. The summed E-state index contributed by atoms with van der Waals surface area (Å²) in [7, 11) is 1.64. The number of carbonyl (C=O) groups is 3. The van der Waals surface area contributed by atoms with Crippen molar-refractivity contribution in [2.24, 2.45) is 13.0 Å². The van der Waals surface area contributed by atoms with Gasteiger partial charge in [0.25, 0.3) is 17.6 Å². The lowest BCUT2D eigenvalue weighted by molar-refractivity contribution is -0.118. The number of carbonyl (C=O) groups excluding carboxylic acids is 3. The quantitative estimate of drug-likeness (QED) is 0.344. The zero-order chi connectivity index (χ0) is 24.4. The SMILES string of the molecule is C=C(O)C1CCC(NC(=O)C(=O)c2c(C)c(C(=O)Nc3ccc(F)c(C)c3)c(C)n2C)CC1. The third-order valence-corrected chi connectivity index (χ3v) is 6.53. The van der Waals surface area contributed by atoms with Crippen molar-refractivity contribution in [2.45, 2.75) is 52.5 Å². The fourth-order valence-corrected chi connectivity index (χ4v) is 4.48. The lowest BCUT2D eigenvalue weighted by Gasteiger charge is -2.28. The predicted octanol–water partition coefficient (Wildman–Crippen LogP) is 4.27. The van der Waals surface area contributed by atoms with Gasteiger partial charge in [-0.25, -0.2) is 4.39 Å². The average molecular weight is 456 g/mol. The summed E-state index contributed by atoms with van der Waals surface area (Å²) in [6.07, 6.45) is 2.70. The number of rotatable bonds is 6. The number of aliphatic hydroxyl groups excluding tert-OH is 1. The van der Waals surface area contributed by atoms with Crippen LogP contribution < -0.4 is 10.6 Å². The fraction of sp³-hybridized carbons (Fsp3) is 0.400. The second-order valence-electron chi connectivity index (χ2n) is 8.75. The van der Waals surface area contributed by atoms with E-state index in [1.165, 1.54) is 18.2 Å². The Morgan fingerprint density at radius 2 is 1.76 bits per heavy atom. The number of benzene rings is 1. The van der Waals surface area contributed by atoms with Crippen LogP contribution >= 0.6 is 0 Å². The summed E-state index contributed by atoms with van der Waals surface area (Å²) in [6.45, 7) is 8.52. The highest BCUT2D eigenvalue weighted by atomic mass is 19.1. The molecule has 3 N–H and O–H groups in total. The van der Waals surface area contributed by atoms with Crippen molar-refractivity contribution in [3.8, 4) is 0 Å². The highest BCUT2D eigenvalue weighted by Gasteiger charge is 2.31. The van der Waals surface area contributed by atoms with Crippen LogP contribution in [0.2, 0.25) is 0 Å². The van der Waals surface area contributed by atoms with Crippen molar-refractivity contribution in [1.29, 1.82) is 0 Å². The summed E-state index contributed by atoms with van der Waals surface area (Å²) in [5.74, 6) is -2.04. The van der Waals surface area contributed by atoms with Gasteiger partial charge in [0.15, 0.2) is 0 Å². The number of amides is 2. The molecule has 1 fully saturated rings. The van der Waals surface area contributed by atoms with E-state index in [0.29, 0.717) is 53.8 Å². The topological polar surface area (TPSA) is 100 Å². The molecular weight excluding hydrogens is 425 g/mol. The number of nitrogens with zero attached hydrogens (tertiary/aromatic N) is 1. The molecule has 1 aromatic carbocycles. The van der Waals surface area contributed by atoms with Crippen LogP contribution in [0, 0.1) is 32.5 Å². The first-order chi connectivity index (χ1) is 15.5. The molecule has 0 saturated heterocycles. The monoisotopic (exact) mass is 455 g/mol. The number of aryl methyl sites for hydroxylation is 1. The first kappa shape index (κ1) is 24.2. The molecule has 8 heteroatoms. The first-order valence-electron chi connectivity index (χ1n) is 11.0. The van der Waals surface area contributed by atoms with Gasteiger partial charge in [-0.05, 0) is 75.8 Å². The van der Waals surface area contributed by atoms with Gasteiger partial charge < -0.3 is 20.3 Å². The van der Waals surface area contributed by atoms with Crippen LogP contribution in [-0.2, 0) is 11.8 Å². The maximum Gasteiger partial charge on any atom is 0.294 e. The molecule has 0 spiro atoms. The molecule has 0 bridgehead atoms. The highest BCUT2D eigenvalue weighted by molar-refractivity contribution is 6.43. The van der Waals surface area contributed by atoms with Crippen LogP contribution in [0.3, 0.4) is 0 Å². The van der Waals surface area contributed by atoms with Gasteiger partial charge in [0.2, 0.25) is 0 Å². The summed E-state index contributed by atoms with van der Waals surface area (Å²) in [5, 5.41) is 15.1. The Kier molecular flexibility index (Phi) is 7.05. The minimum Gasteiger partial charge on any atom is -0.513 e. The fourth-order valence-electron chi connectivity index (χ4n) is 4.48. The molecule has 1 aliphatic rings. The number of aromatic nitrogens is 1. The van der Waals surface area contributed by atoms with Crippen LogP contribution in [-0.4, -0.2) is 33.3 Å². The van der Waals surface area contributed by atoms with Gasteiger partial charge in [-0.3, -0.25) is 14.4 Å². The van der Waals surface area contributed by atoms with E-state index < -0.39 is 17.6 Å². The molecule has 0 unspecified atom stereocenters. The van der Waals surface area contributed by atoms with E-state index in [2.05, 4.69) is 17.2 Å². The Bertz CT molecular complexity index is 1130. The highest BCUT2D eigenvalue weighted by Crippen LogP contribution is 2.28. The maximum absolute atomic E-state index is 13.5. The molecule has 1 aliphatic carbocycles. The number of hydrogen-bond acceptors (Lipinski definition) is 4. The third-order valence-electron chi connectivity index (χ3n) is 6.53. The summed E-state index contributed by atoms with van der Waals surface area (Å²) in [5.41, 5.74) is 2.25. The van der Waals surface area contributed by atoms with Gasteiger partial charge >= 0.3 is 0 Å². The van der Waals surface area contributed by atoms with Gasteiger partial charge in [-0.1, -0.05) is 6.58 Å². The maximum atomic E-state index is 13.5. The summed E-state index contributed by atoms with van der Waals surface area (Å²) < 4.78 is 15.1. The van der Waals surface area contributed by atoms with Crippen LogP contribution in [0.1, 0.15) is 63.4 Å². The van der Waals surface area contributed by atoms with E-state index in [1.807, 2.05) is 0 Å². The largest absolute Gasteiger partial charge is 0.513 e. The molecule has 2 aromatic rings. The second kappa shape index (κ2) is 9.60. The predicted molar refractivity (Wildman–Crippen MR) is 124 cm³/mol. The van der Waals surface area contributed by atoms with Crippen LogP contribution in [0.15, 0.2) is 30.5 Å². The zero-order valence-corrected chi connectivity index (χ0v) is 19.4. The summed E-state index contributed by atoms with van der Waals surface area (Å²) >= 11 is 0. The van der Waals surface area contributed by atoms with E-state index in [-0.39, 0.29) is 29.2 Å². The van der Waals surface area contributed by atoms with E-state index in [0.717, 1.165) is 0 Å². The number of ketones is 1. The zero-order valence-electron chi connectivity index (χ0n) is 19.4. The molecule has 33 heavy (non-hydrogen) atoms. The van der Waals surface area contributed by atoms with Crippen LogP contribution in [0.25, 0.3) is 0 Å². The van der Waals surface area contributed by atoms with Gasteiger partial charge in [0.05, 0.1) is 17.0 Å².